The van der Waals surface area contributed by atoms with Crippen LogP contribution in [0, 0.1) is 6.92 Å². The van der Waals surface area contributed by atoms with Crippen molar-refractivity contribution in [1.29, 1.82) is 0 Å². The summed E-state index contributed by atoms with van der Waals surface area (Å²) in [4.78, 5) is 8.78. The molecule has 14 heavy (non-hydrogen) atoms. The highest BCUT2D eigenvalue weighted by atomic mass is 15.0. The van der Waals surface area contributed by atoms with Crippen molar-refractivity contribution in [2.24, 2.45) is 0 Å². The Bertz CT molecular complexity index is 610. The molecule has 0 amide bonds. The van der Waals surface area contributed by atoms with E-state index in [4.69, 9.17) is 0 Å². The lowest BCUT2D eigenvalue weighted by Gasteiger charge is -1.97. The third kappa shape index (κ3) is 0.923. The Morgan fingerprint density at radius 2 is 2.21 bits per heavy atom. The van der Waals surface area contributed by atoms with Crippen molar-refractivity contribution in [2.75, 3.05) is 0 Å². The third-order valence-electron chi connectivity index (χ3n) is 2.32. The SMILES string of the molecule is Cc1cn2ccc3cccnc3c2n1. The fourth-order valence-electron chi connectivity index (χ4n) is 1.70. The summed E-state index contributed by atoms with van der Waals surface area (Å²) in [6.45, 7) is 1.99. The minimum atomic E-state index is 0.931. The van der Waals surface area contributed by atoms with Crippen molar-refractivity contribution >= 4 is 16.6 Å². The van der Waals surface area contributed by atoms with Crippen LogP contribution in [-0.2, 0) is 0 Å². The van der Waals surface area contributed by atoms with Crippen LogP contribution < -0.4 is 0 Å². The van der Waals surface area contributed by atoms with Crippen molar-refractivity contribution in [3.8, 4) is 0 Å². The molecule has 3 aromatic rings. The molecule has 3 aromatic heterocycles. The van der Waals surface area contributed by atoms with Crippen molar-refractivity contribution < 1.29 is 0 Å². The van der Waals surface area contributed by atoms with Crippen LogP contribution in [0.15, 0.2) is 36.8 Å². The van der Waals surface area contributed by atoms with Gasteiger partial charge in [-0.1, -0.05) is 6.07 Å². The van der Waals surface area contributed by atoms with Gasteiger partial charge in [-0.2, -0.15) is 0 Å². The Balaban J connectivity index is 2.60. The first-order valence-corrected chi connectivity index (χ1v) is 4.54. The molecule has 3 nitrogen and oxygen atoms in total. The van der Waals surface area contributed by atoms with E-state index in [2.05, 4.69) is 16.0 Å². The first kappa shape index (κ1) is 7.50. The highest BCUT2D eigenvalue weighted by molar-refractivity contribution is 5.89. The summed E-state index contributed by atoms with van der Waals surface area (Å²) in [6, 6.07) is 6.04. The Labute approximate surface area is 81.0 Å². The molecule has 0 fully saturated rings. The largest absolute Gasteiger partial charge is 0.305 e. The summed E-state index contributed by atoms with van der Waals surface area (Å²) in [5, 5.41) is 1.13. The number of aryl methyl sites for hydroxylation is 1. The molecule has 0 radical (unpaired) electrons. The van der Waals surface area contributed by atoms with Crippen LogP contribution in [0.3, 0.4) is 0 Å². The van der Waals surface area contributed by atoms with Gasteiger partial charge in [0.1, 0.15) is 5.52 Å². The maximum absolute atomic E-state index is 4.44. The minimum Gasteiger partial charge on any atom is -0.305 e. The topological polar surface area (TPSA) is 30.2 Å². The van der Waals surface area contributed by atoms with E-state index in [-0.39, 0.29) is 0 Å². The predicted octanol–water partition coefficient (Wildman–Crippen LogP) is 2.19. The highest BCUT2D eigenvalue weighted by Crippen LogP contribution is 2.16. The fraction of sp³-hybridized carbons (Fsp3) is 0.0909. The molecule has 0 saturated heterocycles. The monoisotopic (exact) mass is 183 g/mol. The smallest absolute Gasteiger partial charge is 0.163 e. The number of fused-ring (bicyclic) bond motifs is 3. The number of rotatable bonds is 0. The maximum Gasteiger partial charge on any atom is 0.163 e. The van der Waals surface area contributed by atoms with Crippen LogP contribution in [0.4, 0.5) is 0 Å². The van der Waals surface area contributed by atoms with Crippen molar-refractivity contribution in [3.63, 3.8) is 0 Å². The number of pyridine rings is 2. The summed E-state index contributed by atoms with van der Waals surface area (Å²) in [7, 11) is 0. The Morgan fingerprint density at radius 3 is 3.14 bits per heavy atom. The van der Waals surface area contributed by atoms with Crippen molar-refractivity contribution in [3.05, 3.63) is 42.5 Å². The lowest BCUT2D eigenvalue weighted by atomic mass is 10.2. The fourth-order valence-corrected chi connectivity index (χ4v) is 1.70. The molecular formula is C11H9N3. The number of hydrogen-bond donors (Lipinski definition) is 0. The zero-order chi connectivity index (χ0) is 9.54. The van der Waals surface area contributed by atoms with E-state index >= 15 is 0 Å². The second kappa shape index (κ2) is 2.54. The molecule has 0 aliphatic rings. The molecule has 0 spiro atoms. The lowest BCUT2D eigenvalue weighted by Crippen LogP contribution is -1.86. The van der Waals surface area contributed by atoms with Crippen LogP contribution >= 0.6 is 0 Å². The molecule has 0 atom stereocenters. The van der Waals surface area contributed by atoms with Crippen molar-refractivity contribution in [2.45, 2.75) is 6.92 Å². The number of aromatic nitrogens is 3. The molecule has 3 rings (SSSR count). The summed E-state index contributed by atoms with van der Waals surface area (Å²) in [5.74, 6) is 0. The van der Waals surface area contributed by atoms with Gasteiger partial charge >= 0.3 is 0 Å². The summed E-state index contributed by atoms with van der Waals surface area (Å²) < 4.78 is 2.00. The van der Waals surface area contributed by atoms with E-state index in [1.165, 1.54) is 0 Å². The molecule has 0 bridgehead atoms. The molecule has 3 heterocycles. The van der Waals surface area contributed by atoms with Gasteiger partial charge in [-0.05, 0) is 19.1 Å². The number of imidazole rings is 1. The van der Waals surface area contributed by atoms with Crippen LogP contribution in [-0.4, -0.2) is 14.4 Å². The first-order chi connectivity index (χ1) is 6.84. The number of nitrogens with zero attached hydrogens (tertiary/aromatic N) is 3. The van der Waals surface area contributed by atoms with E-state index in [0.29, 0.717) is 0 Å². The first-order valence-electron chi connectivity index (χ1n) is 4.54. The maximum atomic E-state index is 4.44. The second-order valence-corrected chi connectivity index (χ2v) is 3.37. The van der Waals surface area contributed by atoms with Gasteiger partial charge in [-0.25, -0.2) is 4.98 Å². The van der Waals surface area contributed by atoms with Gasteiger partial charge in [-0.3, -0.25) is 4.98 Å². The third-order valence-corrected chi connectivity index (χ3v) is 2.32. The second-order valence-electron chi connectivity index (χ2n) is 3.37. The highest BCUT2D eigenvalue weighted by Gasteiger charge is 2.02. The summed E-state index contributed by atoms with van der Waals surface area (Å²) in [5.41, 5.74) is 2.91. The van der Waals surface area contributed by atoms with E-state index in [1.54, 1.807) is 6.20 Å². The molecule has 0 saturated carbocycles. The summed E-state index contributed by atoms with van der Waals surface area (Å²) in [6.07, 6.45) is 5.81. The van der Waals surface area contributed by atoms with Crippen LogP contribution in [0.2, 0.25) is 0 Å². The quantitative estimate of drug-likeness (QED) is 0.534. The van der Waals surface area contributed by atoms with E-state index in [9.17, 15) is 0 Å². The molecule has 68 valence electrons. The van der Waals surface area contributed by atoms with Crippen molar-refractivity contribution in [1.82, 2.24) is 14.4 Å². The van der Waals surface area contributed by atoms with Gasteiger partial charge in [0.2, 0.25) is 0 Å². The molecule has 0 N–H and O–H groups in total. The number of hydrogen-bond acceptors (Lipinski definition) is 2. The van der Waals surface area contributed by atoms with Gasteiger partial charge in [0, 0.05) is 24.0 Å². The van der Waals surface area contributed by atoms with Gasteiger partial charge in [0.15, 0.2) is 5.65 Å². The van der Waals surface area contributed by atoms with Crippen LogP contribution in [0.25, 0.3) is 16.6 Å². The molecule has 0 aliphatic carbocycles. The summed E-state index contributed by atoms with van der Waals surface area (Å²) >= 11 is 0. The Kier molecular flexibility index (Phi) is 1.36. The molecule has 0 unspecified atom stereocenters. The molecule has 3 heteroatoms. The average molecular weight is 183 g/mol. The zero-order valence-electron chi connectivity index (χ0n) is 7.81. The molecular weight excluding hydrogens is 174 g/mol. The van der Waals surface area contributed by atoms with E-state index < -0.39 is 0 Å². The van der Waals surface area contributed by atoms with E-state index in [0.717, 1.165) is 22.2 Å². The van der Waals surface area contributed by atoms with Crippen LogP contribution in [0.5, 0.6) is 0 Å². The van der Waals surface area contributed by atoms with E-state index in [1.807, 2.05) is 35.9 Å². The Hall–Kier alpha value is -1.90. The normalized spacial score (nSPS) is 11.2. The zero-order valence-corrected chi connectivity index (χ0v) is 7.81. The lowest BCUT2D eigenvalue weighted by molar-refractivity contribution is 1.19. The molecule has 0 aromatic carbocycles. The van der Waals surface area contributed by atoms with Gasteiger partial charge in [-0.15, -0.1) is 0 Å². The van der Waals surface area contributed by atoms with Gasteiger partial charge < -0.3 is 4.40 Å². The standard InChI is InChI=1S/C11H9N3/c1-8-7-14-6-4-9-3-2-5-12-10(9)11(14)13-8/h2-7H,1H3. The Morgan fingerprint density at radius 1 is 1.29 bits per heavy atom. The predicted molar refractivity (Wildman–Crippen MR) is 55.2 cm³/mol. The van der Waals surface area contributed by atoms with Gasteiger partial charge in [0.25, 0.3) is 0 Å². The van der Waals surface area contributed by atoms with Crippen LogP contribution in [0.1, 0.15) is 5.69 Å². The van der Waals surface area contributed by atoms with Gasteiger partial charge in [0.05, 0.1) is 5.69 Å². The molecule has 0 aliphatic heterocycles. The minimum absolute atomic E-state index is 0.931. The average Bonchev–Trinajstić information content (AvgIpc) is 2.59.